The Bertz CT molecular complexity index is 401. The van der Waals surface area contributed by atoms with Crippen LogP contribution in [0.25, 0.3) is 0 Å². The number of nitrogens with one attached hydrogen (secondary N) is 2. The van der Waals surface area contributed by atoms with Gasteiger partial charge in [0.25, 0.3) is 5.91 Å². The maximum absolute atomic E-state index is 11.8. The zero-order valence-electron chi connectivity index (χ0n) is 10.8. The number of carbonyl (C=O) groups excluding carboxylic acids is 1. The van der Waals surface area contributed by atoms with Gasteiger partial charge < -0.3 is 15.5 Å². The van der Waals surface area contributed by atoms with Crippen molar-refractivity contribution >= 4 is 11.7 Å². The first-order valence-corrected chi connectivity index (χ1v) is 6.20. The molecule has 1 aromatic heterocycles. The van der Waals surface area contributed by atoms with Gasteiger partial charge in [0, 0.05) is 26.2 Å². The zero-order valence-corrected chi connectivity index (χ0v) is 10.8. The molecule has 0 saturated heterocycles. The van der Waals surface area contributed by atoms with Crippen LogP contribution in [0, 0.1) is 0 Å². The minimum absolute atomic E-state index is 0.172. The molecule has 0 atom stereocenters. The number of rotatable bonds is 6. The molecule has 2 N–H and O–H groups in total. The number of likely N-dealkylation sites (N-methyl/N-ethyl adjacent to an activating group) is 1. The monoisotopic (exact) mass is 249 g/mol. The summed E-state index contributed by atoms with van der Waals surface area (Å²) in [4.78, 5) is 14.0. The van der Waals surface area contributed by atoms with E-state index in [2.05, 4.69) is 32.8 Å². The highest BCUT2D eigenvalue weighted by Gasteiger charge is 2.25. The van der Waals surface area contributed by atoms with Crippen molar-refractivity contribution in [1.82, 2.24) is 20.4 Å². The molecule has 0 bridgehead atoms. The molecule has 0 unspecified atom stereocenters. The summed E-state index contributed by atoms with van der Waals surface area (Å²) in [7, 11) is 3.85. The first-order chi connectivity index (χ1) is 8.70. The molecule has 6 nitrogen and oxygen atoms in total. The number of hydrogen-bond donors (Lipinski definition) is 2. The van der Waals surface area contributed by atoms with Crippen LogP contribution in [0.4, 0.5) is 5.82 Å². The Morgan fingerprint density at radius 3 is 2.78 bits per heavy atom. The third-order valence-corrected chi connectivity index (χ3v) is 3.07. The van der Waals surface area contributed by atoms with Gasteiger partial charge in [-0.2, -0.15) is 0 Å². The van der Waals surface area contributed by atoms with Crippen LogP contribution in [0.1, 0.15) is 23.3 Å². The highest BCUT2D eigenvalue weighted by Crippen LogP contribution is 2.24. The van der Waals surface area contributed by atoms with E-state index in [1.54, 1.807) is 19.2 Å². The number of nitrogens with zero attached hydrogens (tertiary/aromatic N) is 3. The number of aromatic nitrogens is 2. The minimum Gasteiger partial charge on any atom is -0.372 e. The molecule has 0 aromatic carbocycles. The van der Waals surface area contributed by atoms with Crippen molar-refractivity contribution in [3.05, 3.63) is 17.8 Å². The van der Waals surface area contributed by atoms with Gasteiger partial charge in [-0.05, 0) is 32.0 Å². The first-order valence-electron chi connectivity index (χ1n) is 6.20. The Morgan fingerprint density at radius 1 is 1.44 bits per heavy atom. The summed E-state index contributed by atoms with van der Waals surface area (Å²) in [5.74, 6) is 0.481. The summed E-state index contributed by atoms with van der Waals surface area (Å²) in [6.07, 6.45) is 2.56. The quantitative estimate of drug-likeness (QED) is 0.761. The van der Waals surface area contributed by atoms with E-state index < -0.39 is 0 Å². The minimum atomic E-state index is -0.172. The number of carbonyl (C=O) groups is 1. The van der Waals surface area contributed by atoms with E-state index in [1.807, 2.05) is 0 Å². The second kappa shape index (κ2) is 5.77. The van der Waals surface area contributed by atoms with Crippen LogP contribution in [0.5, 0.6) is 0 Å². The normalized spacial score (nSPS) is 14.6. The Morgan fingerprint density at radius 2 is 2.22 bits per heavy atom. The average Bonchev–Trinajstić information content (AvgIpc) is 3.23. The Balaban J connectivity index is 1.75. The summed E-state index contributed by atoms with van der Waals surface area (Å²) in [6, 6.07) is 4.12. The molecule has 1 aliphatic rings. The molecular weight excluding hydrogens is 230 g/mol. The summed E-state index contributed by atoms with van der Waals surface area (Å²) < 4.78 is 0. The first kappa shape index (κ1) is 12.8. The van der Waals surface area contributed by atoms with Crippen molar-refractivity contribution < 1.29 is 4.79 Å². The summed E-state index contributed by atoms with van der Waals surface area (Å²) in [6.45, 7) is 1.51. The Hall–Kier alpha value is -1.69. The van der Waals surface area contributed by atoms with E-state index >= 15 is 0 Å². The van der Waals surface area contributed by atoms with Gasteiger partial charge in [0.1, 0.15) is 5.82 Å². The van der Waals surface area contributed by atoms with Crippen molar-refractivity contribution in [2.24, 2.45) is 0 Å². The maximum atomic E-state index is 11.8. The van der Waals surface area contributed by atoms with Crippen LogP contribution >= 0.6 is 0 Å². The van der Waals surface area contributed by atoms with Crippen LogP contribution in [0.15, 0.2) is 12.1 Å². The predicted octanol–water partition coefficient (Wildman–Crippen LogP) is 0.342. The second-order valence-corrected chi connectivity index (χ2v) is 4.52. The van der Waals surface area contributed by atoms with E-state index in [1.165, 1.54) is 12.8 Å². The summed E-state index contributed by atoms with van der Waals surface area (Å²) in [5.41, 5.74) is 0.350. The molecule has 1 amide bonds. The molecule has 1 saturated carbocycles. The lowest BCUT2D eigenvalue weighted by Crippen LogP contribution is -2.34. The van der Waals surface area contributed by atoms with Crippen molar-refractivity contribution in [1.29, 1.82) is 0 Å². The zero-order chi connectivity index (χ0) is 13.0. The Kier molecular flexibility index (Phi) is 4.09. The number of hydrogen-bond acceptors (Lipinski definition) is 5. The average molecular weight is 249 g/mol. The second-order valence-electron chi connectivity index (χ2n) is 4.52. The molecule has 2 rings (SSSR count). The largest absolute Gasteiger partial charge is 0.372 e. The molecular formula is C12H19N5O. The molecule has 6 heteroatoms. The van der Waals surface area contributed by atoms with Crippen LogP contribution in [-0.4, -0.2) is 54.2 Å². The summed E-state index contributed by atoms with van der Waals surface area (Å²) >= 11 is 0. The van der Waals surface area contributed by atoms with Crippen LogP contribution in [0.2, 0.25) is 0 Å². The van der Waals surface area contributed by atoms with E-state index in [9.17, 15) is 4.79 Å². The van der Waals surface area contributed by atoms with Crippen LogP contribution in [0.3, 0.4) is 0 Å². The topological polar surface area (TPSA) is 70.2 Å². The van der Waals surface area contributed by atoms with Gasteiger partial charge in [0.2, 0.25) is 0 Å². The lowest BCUT2D eigenvalue weighted by molar-refractivity contribution is 0.0943. The van der Waals surface area contributed by atoms with Crippen molar-refractivity contribution in [3.8, 4) is 0 Å². The summed E-state index contributed by atoms with van der Waals surface area (Å²) in [5, 5.41) is 13.4. The standard InChI is InChI=1S/C12H19N5O/c1-13-11-6-5-10(15-16-11)12(18)14-7-8-17(2)9-3-4-9/h5-6,9H,3-4,7-8H2,1-2H3,(H,13,16)(H,14,18). The number of anilines is 1. The lowest BCUT2D eigenvalue weighted by atomic mass is 10.3. The molecule has 1 heterocycles. The molecule has 98 valence electrons. The van der Waals surface area contributed by atoms with E-state index in [0.29, 0.717) is 18.1 Å². The fourth-order valence-corrected chi connectivity index (χ4v) is 1.72. The van der Waals surface area contributed by atoms with Crippen molar-refractivity contribution in [2.75, 3.05) is 32.5 Å². The van der Waals surface area contributed by atoms with Gasteiger partial charge in [-0.1, -0.05) is 0 Å². The van der Waals surface area contributed by atoms with Crippen molar-refractivity contribution in [3.63, 3.8) is 0 Å². The Labute approximate surface area is 107 Å². The molecule has 1 fully saturated rings. The highest BCUT2D eigenvalue weighted by atomic mass is 16.1. The molecule has 0 radical (unpaired) electrons. The van der Waals surface area contributed by atoms with Gasteiger partial charge in [0.15, 0.2) is 5.69 Å². The van der Waals surface area contributed by atoms with Gasteiger partial charge >= 0.3 is 0 Å². The molecule has 1 aliphatic carbocycles. The van der Waals surface area contributed by atoms with E-state index in [4.69, 9.17) is 0 Å². The van der Waals surface area contributed by atoms with Crippen molar-refractivity contribution in [2.45, 2.75) is 18.9 Å². The SMILES string of the molecule is CNc1ccc(C(=O)NCCN(C)C2CC2)nn1. The predicted molar refractivity (Wildman–Crippen MR) is 69.6 cm³/mol. The van der Waals surface area contributed by atoms with E-state index in [0.717, 1.165) is 12.6 Å². The third kappa shape index (κ3) is 3.40. The van der Waals surface area contributed by atoms with Crippen LogP contribution in [-0.2, 0) is 0 Å². The number of amides is 1. The molecule has 1 aromatic rings. The van der Waals surface area contributed by atoms with Gasteiger partial charge in [-0.15, -0.1) is 10.2 Å². The van der Waals surface area contributed by atoms with Gasteiger partial charge in [-0.25, -0.2) is 0 Å². The van der Waals surface area contributed by atoms with Gasteiger partial charge in [0.05, 0.1) is 0 Å². The smallest absolute Gasteiger partial charge is 0.271 e. The fourth-order valence-electron chi connectivity index (χ4n) is 1.72. The van der Waals surface area contributed by atoms with Crippen LogP contribution < -0.4 is 10.6 Å². The molecule has 0 spiro atoms. The molecule has 0 aliphatic heterocycles. The third-order valence-electron chi connectivity index (χ3n) is 3.07. The maximum Gasteiger partial charge on any atom is 0.271 e. The lowest BCUT2D eigenvalue weighted by Gasteiger charge is -2.15. The van der Waals surface area contributed by atoms with Gasteiger partial charge in [-0.3, -0.25) is 4.79 Å². The molecule has 18 heavy (non-hydrogen) atoms. The fraction of sp³-hybridized carbons (Fsp3) is 0.583. The van der Waals surface area contributed by atoms with E-state index in [-0.39, 0.29) is 5.91 Å². The highest BCUT2D eigenvalue weighted by molar-refractivity contribution is 5.92.